The molecule has 27 heavy (non-hydrogen) atoms. The maximum absolute atomic E-state index is 12.3. The van der Waals surface area contributed by atoms with Gasteiger partial charge in [0.1, 0.15) is 11.5 Å². The van der Waals surface area contributed by atoms with Crippen LogP contribution in [0.2, 0.25) is 0 Å². The summed E-state index contributed by atoms with van der Waals surface area (Å²) in [6, 6.07) is 22.6. The molecule has 0 amide bonds. The van der Waals surface area contributed by atoms with Gasteiger partial charge in [0.25, 0.3) is 0 Å². The van der Waals surface area contributed by atoms with Gasteiger partial charge in [-0.05, 0) is 49.7 Å². The monoisotopic (exact) mass is 436 g/mol. The van der Waals surface area contributed by atoms with Gasteiger partial charge in [-0.15, -0.1) is 12.1 Å². The maximum atomic E-state index is 12.3. The van der Waals surface area contributed by atoms with Crippen LogP contribution >= 0.6 is 0 Å². The average molecular weight is 436 g/mol. The van der Waals surface area contributed by atoms with Gasteiger partial charge in [0.2, 0.25) is 6.79 Å². The molecule has 3 aromatic rings. The fourth-order valence-electron chi connectivity index (χ4n) is 2.34. The van der Waals surface area contributed by atoms with E-state index in [-0.39, 0.29) is 39.5 Å². The molecule has 0 aliphatic carbocycles. The number of aryl methyl sites for hydroxylation is 2. The van der Waals surface area contributed by atoms with Crippen molar-refractivity contribution in [2.24, 2.45) is 0 Å². The van der Waals surface area contributed by atoms with Crippen LogP contribution in [0.4, 0.5) is 0 Å². The van der Waals surface area contributed by atoms with Crippen LogP contribution in [0.25, 0.3) is 0 Å². The molecular weight excluding hydrogens is 417 g/mol. The second-order valence-electron chi connectivity index (χ2n) is 5.83. The Morgan fingerprint density at radius 3 is 2.26 bits per heavy atom. The summed E-state index contributed by atoms with van der Waals surface area (Å²) in [5, 5.41) is 0. The molecule has 0 saturated heterocycles. The normalized spacial score (nSPS) is 9.85. The SMILES string of the molecule is Cc1ccc(OC(=O)c2ccc(OCOc3cc[c-]cc3)c(C)c2)cc1.[Y+3]. The Bertz CT molecular complexity index is 877. The van der Waals surface area contributed by atoms with Crippen LogP contribution in [0.5, 0.6) is 17.2 Å². The van der Waals surface area contributed by atoms with Crippen LogP contribution in [0.1, 0.15) is 21.5 Å². The van der Waals surface area contributed by atoms with E-state index >= 15 is 0 Å². The number of benzene rings is 3. The molecule has 5 heteroatoms. The average Bonchev–Trinajstić information content (AvgIpc) is 2.65. The summed E-state index contributed by atoms with van der Waals surface area (Å²) in [5.74, 6) is 1.48. The zero-order chi connectivity index (χ0) is 18.4. The summed E-state index contributed by atoms with van der Waals surface area (Å²) >= 11 is 0. The molecule has 0 atom stereocenters. The summed E-state index contributed by atoms with van der Waals surface area (Å²) < 4.78 is 16.5. The number of ether oxygens (including phenoxy) is 3. The molecule has 0 aromatic heterocycles. The third-order valence-corrected chi connectivity index (χ3v) is 3.77. The minimum absolute atomic E-state index is 0. The summed E-state index contributed by atoms with van der Waals surface area (Å²) in [7, 11) is 0. The van der Waals surface area contributed by atoms with Crippen LogP contribution < -0.4 is 14.2 Å². The summed E-state index contributed by atoms with van der Waals surface area (Å²) in [6.07, 6.45) is 0. The second-order valence-corrected chi connectivity index (χ2v) is 5.83. The molecule has 0 N–H and O–H groups in total. The Morgan fingerprint density at radius 2 is 1.59 bits per heavy atom. The van der Waals surface area contributed by atoms with Crippen molar-refractivity contribution in [1.29, 1.82) is 0 Å². The Hall–Kier alpha value is -2.17. The Morgan fingerprint density at radius 1 is 0.889 bits per heavy atom. The first-order valence-corrected chi connectivity index (χ1v) is 8.23. The quantitative estimate of drug-likeness (QED) is 0.243. The van der Waals surface area contributed by atoms with E-state index in [0.717, 1.165) is 11.1 Å². The molecule has 0 fully saturated rings. The number of hydrogen-bond acceptors (Lipinski definition) is 4. The molecule has 3 aromatic carbocycles. The van der Waals surface area contributed by atoms with E-state index < -0.39 is 5.97 Å². The van der Waals surface area contributed by atoms with E-state index in [1.54, 1.807) is 54.6 Å². The van der Waals surface area contributed by atoms with Crippen molar-refractivity contribution in [3.63, 3.8) is 0 Å². The summed E-state index contributed by atoms with van der Waals surface area (Å²) in [5.41, 5.74) is 2.40. The van der Waals surface area contributed by atoms with E-state index in [1.165, 1.54) is 0 Å². The summed E-state index contributed by atoms with van der Waals surface area (Å²) in [4.78, 5) is 12.3. The van der Waals surface area contributed by atoms with Crippen LogP contribution in [0.3, 0.4) is 0 Å². The molecule has 3 rings (SSSR count). The number of carbonyl (C=O) groups excluding carboxylic acids is 1. The van der Waals surface area contributed by atoms with E-state index in [0.29, 0.717) is 22.8 Å². The number of esters is 1. The third kappa shape index (κ3) is 6.19. The van der Waals surface area contributed by atoms with Crippen LogP contribution in [-0.4, -0.2) is 12.8 Å². The van der Waals surface area contributed by atoms with Gasteiger partial charge in [0.05, 0.1) is 5.56 Å². The van der Waals surface area contributed by atoms with Crippen molar-refractivity contribution in [3.8, 4) is 17.2 Å². The van der Waals surface area contributed by atoms with Crippen LogP contribution in [0, 0.1) is 19.9 Å². The molecule has 0 aliphatic heterocycles. The zero-order valence-corrected chi connectivity index (χ0v) is 18.1. The molecule has 0 unspecified atom stereocenters. The molecule has 132 valence electrons. The minimum atomic E-state index is -0.403. The van der Waals surface area contributed by atoms with E-state index in [4.69, 9.17) is 14.2 Å². The third-order valence-electron chi connectivity index (χ3n) is 3.77. The Kier molecular flexibility index (Phi) is 8.02. The first-order chi connectivity index (χ1) is 12.6. The summed E-state index contributed by atoms with van der Waals surface area (Å²) in [6.45, 7) is 3.93. The van der Waals surface area contributed by atoms with Crippen molar-refractivity contribution in [1.82, 2.24) is 0 Å². The number of carbonyl (C=O) groups is 1. The predicted octanol–water partition coefficient (Wildman–Crippen LogP) is 4.74. The van der Waals surface area contributed by atoms with Gasteiger partial charge in [-0.3, -0.25) is 0 Å². The Labute approximate surface area is 184 Å². The standard InChI is InChI=1S/C22H19O4.Y/c1-16-8-11-20(12-9-16)26-22(23)18-10-13-21(17(2)14-18)25-15-24-19-6-4-3-5-7-19;/h4-14H,15H2,1-2H3;/q-1;+3. The maximum Gasteiger partial charge on any atom is 3.00 e. The number of hydrogen-bond donors (Lipinski definition) is 0. The van der Waals surface area contributed by atoms with E-state index in [1.807, 2.05) is 26.0 Å². The number of rotatable bonds is 6. The van der Waals surface area contributed by atoms with Crippen LogP contribution in [-0.2, 0) is 32.7 Å². The topological polar surface area (TPSA) is 44.8 Å². The first-order valence-electron chi connectivity index (χ1n) is 8.23. The van der Waals surface area contributed by atoms with Crippen LogP contribution in [0.15, 0.2) is 66.7 Å². The van der Waals surface area contributed by atoms with Crippen molar-refractivity contribution in [2.45, 2.75) is 13.8 Å². The molecule has 0 heterocycles. The van der Waals surface area contributed by atoms with E-state index in [9.17, 15) is 4.79 Å². The largest absolute Gasteiger partial charge is 3.00 e. The fraction of sp³-hybridized carbons (Fsp3) is 0.136. The van der Waals surface area contributed by atoms with Gasteiger partial charge in [-0.25, -0.2) is 4.79 Å². The molecule has 0 radical (unpaired) electrons. The van der Waals surface area contributed by atoms with E-state index in [2.05, 4.69) is 6.07 Å². The van der Waals surface area contributed by atoms with Gasteiger partial charge in [0.15, 0.2) is 0 Å². The van der Waals surface area contributed by atoms with Gasteiger partial charge < -0.3 is 14.2 Å². The molecule has 0 bridgehead atoms. The molecule has 4 nitrogen and oxygen atoms in total. The van der Waals surface area contributed by atoms with Gasteiger partial charge in [-0.1, -0.05) is 17.7 Å². The van der Waals surface area contributed by atoms with Gasteiger partial charge in [-0.2, -0.15) is 18.2 Å². The first kappa shape index (κ1) is 21.1. The Balaban J connectivity index is 0.00000261. The smallest absolute Gasteiger partial charge is 0.483 e. The second kappa shape index (κ2) is 10.2. The van der Waals surface area contributed by atoms with Crippen molar-refractivity contribution < 1.29 is 51.7 Å². The zero-order valence-electron chi connectivity index (χ0n) is 15.3. The van der Waals surface area contributed by atoms with Gasteiger partial charge >= 0.3 is 38.7 Å². The molecular formula is C22H19O4Y+2. The van der Waals surface area contributed by atoms with Gasteiger partial charge in [0, 0.05) is 5.75 Å². The minimum Gasteiger partial charge on any atom is -0.483 e. The predicted molar refractivity (Wildman–Crippen MR) is 98.7 cm³/mol. The van der Waals surface area contributed by atoms with Crippen molar-refractivity contribution in [3.05, 3.63) is 89.5 Å². The fourth-order valence-corrected chi connectivity index (χ4v) is 2.34. The molecule has 0 saturated carbocycles. The molecule has 0 spiro atoms. The van der Waals surface area contributed by atoms with Crippen molar-refractivity contribution in [2.75, 3.05) is 6.79 Å². The van der Waals surface area contributed by atoms with Crippen molar-refractivity contribution >= 4 is 5.97 Å². The molecule has 0 aliphatic rings.